The molecule has 1 heterocycles. The smallest absolute Gasteiger partial charge is 0.0541 e. The van der Waals surface area contributed by atoms with E-state index >= 15 is 0 Å². The lowest BCUT2D eigenvalue weighted by Crippen LogP contribution is -1.93. The predicted molar refractivity (Wildman–Crippen MR) is 169 cm³/mol. The molecule has 0 unspecified atom stereocenters. The van der Waals surface area contributed by atoms with Crippen LogP contribution in [-0.2, 0) is 0 Å². The highest BCUT2D eigenvalue weighted by atomic mass is 15.0. The quantitative estimate of drug-likeness (QED) is 0.252. The number of aromatic nitrogens is 1. The van der Waals surface area contributed by atoms with Gasteiger partial charge in [0.25, 0.3) is 0 Å². The second-order valence-corrected chi connectivity index (χ2v) is 9.86. The molecule has 0 saturated carbocycles. The molecule has 39 heavy (non-hydrogen) atoms. The third-order valence-electron chi connectivity index (χ3n) is 6.97. The minimum absolute atomic E-state index is 1.08. The summed E-state index contributed by atoms with van der Waals surface area (Å²) < 4.78 is 2.35. The van der Waals surface area contributed by atoms with E-state index < -0.39 is 0 Å². The number of benzene rings is 6. The van der Waals surface area contributed by atoms with E-state index in [2.05, 4.69) is 163 Å². The number of anilines is 2. The van der Waals surface area contributed by atoms with E-state index in [9.17, 15) is 0 Å². The van der Waals surface area contributed by atoms with Crippen LogP contribution in [0.25, 0.3) is 49.4 Å². The summed E-state index contributed by atoms with van der Waals surface area (Å²) in [6.07, 6.45) is 1.25. The highest BCUT2D eigenvalue weighted by Gasteiger charge is 2.13. The molecule has 0 atom stereocenters. The number of hydrogen-bond donors (Lipinski definition) is 1. The largest absolute Gasteiger partial charge is 0.355 e. The number of para-hydroxylation sites is 2. The van der Waals surface area contributed by atoms with Crippen molar-refractivity contribution < 1.29 is 0 Å². The van der Waals surface area contributed by atoms with Gasteiger partial charge in [-0.05, 0) is 65.0 Å². The summed E-state index contributed by atoms with van der Waals surface area (Å²) in [4.78, 5) is 0. The van der Waals surface area contributed by atoms with Crippen molar-refractivity contribution in [2.45, 2.75) is 20.3 Å². The number of hydrogen-bond acceptors (Lipinski definition) is 1. The molecule has 0 aliphatic carbocycles. The maximum absolute atomic E-state index is 3.60. The van der Waals surface area contributed by atoms with Gasteiger partial charge in [-0.25, -0.2) is 0 Å². The van der Waals surface area contributed by atoms with Gasteiger partial charge in [0, 0.05) is 33.2 Å². The molecule has 190 valence electrons. The molecule has 0 bridgehead atoms. The van der Waals surface area contributed by atoms with E-state index in [1.807, 2.05) is 0 Å². The minimum Gasteiger partial charge on any atom is -0.355 e. The maximum Gasteiger partial charge on any atom is 0.0541 e. The van der Waals surface area contributed by atoms with Crippen molar-refractivity contribution in [1.29, 1.82) is 0 Å². The van der Waals surface area contributed by atoms with E-state index in [0.29, 0.717) is 0 Å². The normalized spacial score (nSPS) is 10.9. The van der Waals surface area contributed by atoms with Crippen LogP contribution in [0.15, 0.2) is 140 Å². The number of fused-ring (bicyclic) bond motifs is 4. The Balaban J connectivity index is 0.000000883. The van der Waals surface area contributed by atoms with Crippen LogP contribution in [-0.4, -0.2) is 4.57 Å². The third kappa shape index (κ3) is 4.78. The highest BCUT2D eigenvalue weighted by molar-refractivity contribution is 6.10. The molecular formula is C37H32N2. The Morgan fingerprint density at radius 1 is 0.513 bits per heavy atom. The Morgan fingerprint density at radius 2 is 1.13 bits per heavy atom. The second-order valence-electron chi connectivity index (χ2n) is 9.86. The van der Waals surface area contributed by atoms with Crippen molar-refractivity contribution in [3.63, 3.8) is 0 Å². The average molecular weight is 505 g/mol. The molecule has 0 aliphatic rings. The maximum atomic E-state index is 3.60. The zero-order valence-corrected chi connectivity index (χ0v) is 22.4. The van der Waals surface area contributed by atoms with Gasteiger partial charge < -0.3 is 9.88 Å². The Bertz CT molecular complexity index is 1860. The van der Waals surface area contributed by atoms with Crippen LogP contribution in [0.4, 0.5) is 11.4 Å². The Morgan fingerprint density at radius 3 is 1.92 bits per heavy atom. The number of nitrogens with one attached hydrogen (secondary N) is 1. The first kappa shape index (κ1) is 24.5. The first-order chi connectivity index (χ1) is 19.3. The van der Waals surface area contributed by atoms with Gasteiger partial charge in [0.2, 0.25) is 0 Å². The molecule has 1 N–H and O–H groups in total. The van der Waals surface area contributed by atoms with E-state index in [4.69, 9.17) is 0 Å². The van der Waals surface area contributed by atoms with Crippen molar-refractivity contribution >= 4 is 44.0 Å². The lowest BCUT2D eigenvalue weighted by atomic mass is 10.0. The van der Waals surface area contributed by atoms with Crippen molar-refractivity contribution in [2.24, 2.45) is 0 Å². The first-order valence-electron chi connectivity index (χ1n) is 13.7. The van der Waals surface area contributed by atoms with Crippen LogP contribution in [0.5, 0.6) is 0 Å². The van der Waals surface area contributed by atoms with Crippen molar-refractivity contribution in [3.05, 3.63) is 140 Å². The molecule has 0 aliphatic heterocycles. The minimum atomic E-state index is 1.08. The molecule has 0 saturated heterocycles. The topological polar surface area (TPSA) is 17.0 Å². The molecular weight excluding hydrogens is 472 g/mol. The molecule has 7 aromatic rings. The second kappa shape index (κ2) is 10.9. The van der Waals surface area contributed by atoms with Gasteiger partial charge in [-0.2, -0.15) is 0 Å². The van der Waals surface area contributed by atoms with E-state index in [1.165, 1.54) is 55.8 Å². The Labute approximate surface area is 230 Å². The van der Waals surface area contributed by atoms with Gasteiger partial charge in [0.05, 0.1) is 11.0 Å². The van der Waals surface area contributed by atoms with Gasteiger partial charge in [0.15, 0.2) is 0 Å². The molecule has 0 radical (unpaired) electrons. The Hall–Kier alpha value is -4.82. The zero-order chi connectivity index (χ0) is 26.6. The summed E-state index contributed by atoms with van der Waals surface area (Å²) in [5, 5.41) is 8.60. The molecule has 1 aromatic heterocycles. The van der Waals surface area contributed by atoms with Gasteiger partial charge in [0.1, 0.15) is 0 Å². The molecule has 6 aromatic carbocycles. The molecule has 0 spiro atoms. The molecule has 2 heteroatoms. The van der Waals surface area contributed by atoms with Gasteiger partial charge in [-0.3, -0.25) is 0 Å². The summed E-state index contributed by atoms with van der Waals surface area (Å²) >= 11 is 0. The van der Waals surface area contributed by atoms with Crippen LogP contribution in [0.2, 0.25) is 0 Å². The molecule has 2 nitrogen and oxygen atoms in total. The SMILES string of the molecule is CCC.c1ccc(-n2c3ccccc3c3cc(-c4ccc(Nc5cccc6ccccc56)cc4)ccc32)cc1. The van der Waals surface area contributed by atoms with Crippen molar-refractivity contribution in [2.75, 3.05) is 5.32 Å². The van der Waals surface area contributed by atoms with Crippen LogP contribution in [0.1, 0.15) is 20.3 Å². The lowest BCUT2D eigenvalue weighted by molar-refractivity contribution is 1.09. The van der Waals surface area contributed by atoms with Crippen LogP contribution >= 0.6 is 0 Å². The van der Waals surface area contributed by atoms with Gasteiger partial charge in [-0.15, -0.1) is 0 Å². The molecule has 0 amide bonds. The molecule has 7 rings (SSSR count). The monoisotopic (exact) mass is 504 g/mol. The summed E-state index contributed by atoms with van der Waals surface area (Å²) in [6.45, 7) is 4.25. The summed E-state index contributed by atoms with van der Waals surface area (Å²) in [5.41, 5.74) is 8.26. The first-order valence-corrected chi connectivity index (χ1v) is 13.7. The van der Waals surface area contributed by atoms with Crippen molar-refractivity contribution in [3.8, 4) is 16.8 Å². The van der Waals surface area contributed by atoms with Gasteiger partial charge in [-0.1, -0.05) is 111 Å². The molecule has 0 fully saturated rings. The van der Waals surface area contributed by atoms with Crippen LogP contribution in [0.3, 0.4) is 0 Å². The number of nitrogens with zero attached hydrogens (tertiary/aromatic N) is 1. The predicted octanol–water partition coefficient (Wildman–Crippen LogP) is 10.8. The summed E-state index contributed by atoms with van der Waals surface area (Å²) in [6, 6.07) is 49.6. The van der Waals surface area contributed by atoms with E-state index in [-0.39, 0.29) is 0 Å². The Kier molecular flexibility index (Phi) is 6.84. The van der Waals surface area contributed by atoms with E-state index in [0.717, 1.165) is 11.4 Å². The standard InChI is InChI=1S/C34H24N2.C3H8/c1-2-11-28(12-3-1)36-33-16-7-6-14-30(33)31-23-26(19-22-34(31)36)24-17-20-27(21-18-24)35-32-15-8-10-25-9-4-5-13-29(25)32;1-3-2/h1-23,35H;3H2,1-2H3. The van der Waals surface area contributed by atoms with E-state index in [1.54, 1.807) is 0 Å². The fourth-order valence-electron chi connectivity index (χ4n) is 5.24. The highest BCUT2D eigenvalue weighted by Crippen LogP contribution is 2.35. The summed E-state index contributed by atoms with van der Waals surface area (Å²) in [5.74, 6) is 0. The lowest BCUT2D eigenvalue weighted by Gasteiger charge is -2.11. The fourth-order valence-corrected chi connectivity index (χ4v) is 5.24. The average Bonchev–Trinajstić information content (AvgIpc) is 3.32. The number of rotatable bonds is 4. The summed E-state index contributed by atoms with van der Waals surface area (Å²) in [7, 11) is 0. The fraction of sp³-hybridized carbons (Fsp3) is 0.0811. The van der Waals surface area contributed by atoms with Crippen LogP contribution in [0, 0.1) is 0 Å². The zero-order valence-electron chi connectivity index (χ0n) is 22.4. The van der Waals surface area contributed by atoms with Crippen LogP contribution < -0.4 is 5.32 Å². The third-order valence-corrected chi connectivity index (χ3v) is 6.97. The van der Waals surface area contributed by atoms with Gasteiger partial charge >= 0.3 is 0 Å². The van der Waals surface area contributed by atoms with Crippen molar-refractivity contribution in [1.82, 2.24) is 4.57 Å².